The van der Waals surface area contributed by atoms with Gasteiger partial charge >= 0.3 is 0 Å². The summed E-state index contributed by atoms with van der Waals surface area (Å²) < 4.78 is 0. The molecule has 0 aromatic heterocycles. The molecule has 72 valence electrons. The van der Waals surface area contributed by atoms with Gasteiger partial charge < -0.3 is 4.84 Å². The lowest BCUT2D eigenvalue weighted by atomic mass is 10.2. The van der Waals surface area contributed by atoms with Crippen molar-refractivity contribution in [2.24, 2.45) is 0 Å². The Morgan fingerprint density at radius 3 is 2.69 bits per heavy atom. The first kappa shape index (κ1) is 10.5. The summed E-state index contributed by atoms with van der Waals surface area (Å²) in [5.74, 6) is 0.646. The third-order valence-electron chi connectivity index (χ3n) is 1.60. The third-order valence-corrected chi connectivity index (χ3v) is 1.87. The van der Waals surface area contributed by atoms with Crippen LogP contribution in [-0.2, 0) is 11.4 Å². The number of halogens is 1. The van der Waals surface area contributed by atoms with Gasteiger partial charge in [0.2, 0.25) is 0 Å². The minimum Gasteiger partial charge on any atom is -0.301 e. The van der Waals surface area contributed by atoms with Gasteiger partial charge in [0.05, 0.1) is 6.61 Å². The molecule has 0 heterocycles. The first-order valence-electron chi connectivity index (χ1n) is 4.38. The maximum absolute atomic E-state index is 5.49. The van der Waals surface area contributed by atoms with Crippen molar-refractivity contribution in [1.82, 2.24) is 5.48 Å². The van der Waals surface area contributed by atoms with Crippen LogP contribution in [-0.4, -0.2) is 12.5 Å². The van der Waals surface area contributed by atoms with E-state index in [0.29, 0.717) is 12.5 Å². The molecule has 0 unspecified atom stereocenters. The Morgan fingerprint density at radius 2 is 2.00 bits per heavy atom. The van der Waals surface area contributed by atoms with Crippen molar-refractivity contribution in [2.45, 2.75) is 13.0 Å². The summed E-state index contributed by atoms with van der Waals surface area (Å²) in [4.78, 5) is 5.14. The average molecular weight is 200 g/mol. The van der Waals surface area contributed by atoms with Crippen molar-refractivity contribution in [3.63, 3.8) is 0 Å². The predicted octanol–water partition coefficient (Wildman–Crippen LogP) is 2.34. The Labute approximate surface area is 83.8 Å². The summed E-state index contributed by atoms with van der Waals surface area (Å²) in [6.07, 6.45) is 0.878. The Balaban J connectivity index is 2.07. The van der Waals surface area contributed by atoms with Crippen LogP contribution in [0.15, 0.2) is 30.3 Å². The monoisotopic (exact) mass is 199 g/mol. The molecule has 13 heavy (non-hydrogen) atoms. The lowest BCUT2D eigenvalue weighted by Crippen LogP contribution is -2.14. The zero-order valence-corrected chi connectivity index (χ0v) is 8.26. The number of alkyl halides is 1. The van der Waals surface area contributed by atoms with Gasteiger partial charge in [0.1, 0.15) is 0 Å². The van der Waals surface area contributed by atoms with Crippen LogP contribution in [0.1, 0.15) is 12.0 Å². The molecular weight excluding hydrogens is 186 g/mol. The van der Waals surface area contributed by atoms with E-state index in [1.165, 1.54) is 5.56 Å². The van der Waals surface area contributed by atoms with Gasteiger partial charge in [-0.25, -0.2) is 0 Å². The van der Waals surface area contributed by atoms with Crippen LogP contribution in [0, 0.1) is 0 Å². The van der Waals surface area contributed by atoms with Crippen LogP contribution in [0.5, 0.6) is 0 Å². The molecule has 0 atom stereocenters. The van der Waals surface area contributed by atoms with E-state index in [4.69, 9.17) is 16.4 Å². The summed E-state index contributed by atoms with van der Waals surface area (Å²) in [5, 5.41) is 0. The molecule has 0 amide bonds. The zero-order chi connectivity index (χ0) is 9.36. The maximum Gasteiger partial charge on any atom is 0.0693 e. The quantitative estimate of drug-likeness (QED) is 0.432. The molecule has 0 saturated carbocycles. The number of hydrogen-bond acceptors (Lipinski definition) is 2. The Kier molecular flexibility index (Phi) is 5.57. The zero-order valence-electron chi connectivity index (χ0n) is 7.50. The summed E-state index contributed by atoms with van der Waals surface area (Å²) in [6, 6.07) is 10.1. The van der Waals surface area contributed by atoms with Crippen LogP contribution in [0.2, 0.25) is 0 Å². The molecule has 0 saturated heterocycles. The van der Waals surface area contributed by atoms with E-state index in [2.05, 4.69) is 17.6 Å². The summed E-state index contributed by atoms with van der Waals surface area (Å²) >= 11 is 5.49. The number of benzene rings is 1. The highest BCUT2D eigenvalue weighted by atomic mass is 35.5. The fourth-order valence-corrected chi connectivity index (χ4v) is 1.04. The van der Waals surface area contributed by atoms with Crippen LogP contribution in [0.4, 0.5) is 0 Å². The molecule has 0 aliphatic rings. The molecule has 0 bridgehead atoms. The minimum absolute atomic E-state index is 0.646. The van der Waals surface area contributed by atoms with E-state index in [1.54, 1.807) is 0 Å². The highest BCUT2D eigenvalue weighted by Gasteiger charge is 1.90. The van der Waals surface area contributed by atoms with Crippen molar-refractivity contribution in [1.29, 1.82) is 0 Å². The van der Waals surface area contributed by atoms with Crippen molar-refractivity contribution >= 4 is 11.6 Å². The van der Waals surface area contributed by atoms with E-state index in [9.17, 15) is 0 Å². The fourth-order valence-electron chi connectivity index (χ4n) is 0.929. The van der Waals surface area contributed by atoms with E-state index in [1.807, 2.05) is 18.2 Å². The van der Waals surface area contributed by atoms with Gasteiger partial charge in [0.15, 0.2) is 0 Å². The lowest BCUT2D eigenvalue weighted by molar-refractivity contribution is 0.0374. The molecule has 0 spiro atoms. The predicted molar refractivity (Wildman–Crippen MR) is 54.6 cm³/mol. The summed E-state index contributed by atoms with van der Waals surface area (Å²) in [6.45, 7) is 1.40. The molecule has 0 aliphatic carbocycles. The highest BCUT2D eigenvalue weighted by Crippen LogP contribution is 1.96. The number of hydrogen-bond donors (Lipinski definition) is 1. The van der Waals surface area contributed by atoms with Crippen molar-refractivity contribution < 1.29 is 4.84 Å². The standard InChI is InChI=1S/C10H14ClNO/c11-7-4-8-13-12-9-10-5-2-1-3-6-10/h1-3,5-6,12H,4,7-9H2. The van der Waals surface area contributed by atoms with Crippen LogP contribution in [0.3, 0.4) is 0 Å². The van der Waals surface area contributed by atoms with Gasteiger partial charge in [0.25, 0.3) is 0 Å². The van der Waals surface area contributed by atoms with E-state index >= 15 is 0 Å². The second kappa shape index (κ2) is 6.89. The van der Waals surface area contributed by atoms with Gasteiger partial charge in [-0.15, -0.1) is 11.6 Å². The van der Waals surface area contributed by atoms with Crippen LogP contribution >= 0.6 is 11.6 Å². The van der Waals surface area contributed by atoms with Crippen LogP contribution in [0.25, 0.3) is 0 Å². The Morgan fingerprint density at radius 1 is 1.23 bits per heavy atom. The molecule has 1 rings (SSSR count). The Bertz CT molecular complexity index is 215. The smallest absolute Gasteiger partial charge is 0.0693 e. The average Bonchev–Trinajstić information content (AvgIpc) is 2.19. The number of rotatable bonds is 6. The van der Waals surface area contributed by atoms with Gasteiger partial charge in [0, 0.05) is 12.4 Å². The fraction of sp³-hybridized carbons (Fsp3) is 0.400. The number of hydroxylamine groups is 1. The van der Waals surface area contributed by atoms with Crippen molar-refractivity contribution in [3.8, 4) is 0 Å². The second-order valence-corrected chi connectivity index (χ2v) is 3.08. The molecular formula is C10H14ClNO. The maximum atomic E-state index is 5.49. The lowest BCUT2D eigenvalue weighted by Gasteiger charge is -2.04. The van der Waals surface area contributed by atoms with Gasteiger partial charge in [-0.3, -0.25) is 0 Å². The molecule has 0 aliphatic heterocycles. The topological polar surface area (TPSA) is 21.3 Å². The normalized spacial score (nSPS) is 10.2. The van der Waals surface area contributed by atoms with Crippen molar-refractivity contribution in [3.05, 3.63) is 35.9 Å². The third kappa shape index (κ3) is 4.88. The molecule has 0 fully saturated rings. The molecule has 1 N–H and O–H groups in total. The molecule has 3 heteroatoms. The number of nitrogens with one attached hydrogen (secondary N) is 1. The van der Waals surface area contributed by atoms with E-state index < -0.39 is 0 Å². The second-order valence-electron chi connectivity index (χ2n) is 2.70. The van der Waals surface area contributed by atoms with E-state index in [0.717, 1.165) is 13.0 Å². The SMILES string of the molecule is ClCCCONCc1ccccc1. The molecule has 1 aromatic carbocycles. The highest BCUT2D eigenvalue weighted by molar-refractivity contribution is 6.17. The molecule has 0 radical (unpaired) electrons. The Hall–Kier alpha value is -0.570. The van der Waals surface area contributed by atoms with Crippen molar-refractivity contribution in [2.75, 3.05) is 12.5 Å². The van der Waals surface area contributed by atoms with Gasteiger partial charge in [-0.2, -0.15) is 5.48 Å². The van der Waals surface area contributed by atoms with Gasteiger partial charge in [-0.1, -0.05) is 30.3 Å². The molecule has 1 aromatic rings. The summed E-state index contributed by atoms with van der Waals surface area (Å²) in [5.41, 5.74) is 4.09. The van der Waals surface area contributed by atoms with E-state index in [-0.39, 0.29) is 0 Å². The first-order chi connectivity index (χ1) is 6.43. The van der Waals surface area contributed by atoms with Gasteiger partial charge in [-0.05, 0) is 12.0 Å². The summed E-state index contributed by atoms with van der Waals surface area (Å²) in [7, 11) is 0. The minimum atomic E-state index is 0.646. The van der Waals surface area contributed by atoms with Crippen LogP contribution < -0.4 is 5.48 Å². The molecule has 2 nitrogen and oxygen atoms in total. The largest absolute Gasteiger partial charge is 0.301 e. The first-order valence-corrected chi connectivity index (χ1v) is 4.91.